The molecule has 0 fully saturated rings. The second-order valence-electron chi connectivity index (χ2n) is 3.89. The predicted octanol–water partition coefficient (Wildman–Crippen LogP) is 0.905. The maximum atomic E-state index is 12.0. The number of benzene rings is 1. The number of carbonyl (C=O) groups is 1. The van der Waals surface area contributed by atoms with Crippen LogP contribution < -0.4 is 10.6 Å². The first-order chi connectivity index (χ1) is 8.34. The molecule has 0 atom stereocenters. The third-order valence-electron chi connectivity index (χ3n) is 2.92. The van der Waals surface area contributed by atoms with Gasteiger partial charge in [0.25, 0.3) is 5.91 Å². The third-order valence-corrected chi connectivity index (χ3v) is 4.03. The zero-order chi connectivity index (χ0) is 11.4. The van der Waals surface area contributed by atoms with Gasteiger partial charge in [-0.1, -0.05) is 17.8 Å². The fourth-order valence-corrected chi connectivity index (χ4v) is 3.31. The van der Waals surface area contributed by atoms with Gasteiger partial charge in [-0.2, -0.15) is 0 Å². The summed E-state index contributed by atoms with van der Waals surface area (Å²) in [6, 6.07) is 9.70. The monoisotopic (exact) mass is 238 g/mol. The summed E-state index contributed by atoms with van der Waals surface area (Å²) in [5.74, 6) is -0.173. The minimum atomic E-state index is -0.173. The molecule has 0 N–H and O–H groups in total. The minimum absolute atomic E-state index is 0.173. The zero-order valence-corrected chi connectivity index (χ0v) is 9.49. The highest BCUT2D eigenvalue weighted by Crippen LogP contribution is 2.34. The van der Waals surface area contributed by atoms with Gasteiger partial charge in [0.1, 0.15) is 0 Å². The lowest BCUT2D eigenvalue weighted by molar-refractivity contribution is -0.112. The van der Waals surface area contributed by atoms with E-state index in [0.29, 0.717) is 5.57 Å². The first-order valence-electron chi connectivity index (χ1n) is 5.24. The lowest BCUT2D eigenvalue weighted by Crippen LogP contribution is -2.27. The summed E-state index contributed by atoms with van der Waals surface area (Å²) in [6.07, 6.45) is 1.71. The molecule has 0 aliphatic carbocycles. The average Bonchev–Trinajstić information content (AvgIpc) is 2.69. The van der Waals surface area contributed by atoms with Gasteiger partial charge < -0.3 is 0 Å². The van der Waals surface area contributed by atoms with Crippen LogP contribution in [0.2, 0.25) is 0 Å². The summed E-state index contributed by atoms with van der Waals surface area (Å²) < 4.78 is 0. The van der Waals surface area contributed by atoms with Crippen LogP contribution in [0.15, 0.2) is 51.3 Å². The number of pyridine rings is 1. The second-order valence-corrected chi connectivity index (χ2v) is 4.98. The standard InChI is InChI=1S/C13H6N2OS/c16-13-11-10-7(15-13)3-1-4-8(10)17-9-5-2-6-14-12(9)11/h1-6H. The van der Waals surface area contributed by atoms with Crippen molar-refractivity contribution < 1.29 is 4.79 Å². The fraction of sp³-hybridized carbons (Fsp3) is 0. The van der Waals surface area contributed by atoms with Crippen molar-refractivity contribution in [3.63, 3.8) is 0 Å². The molecule has 1 aromatic heterocycles. The minimum Gasteiger partial charge on any atom is -0.267 e. The van der Waals surface area contributed by atoms with Crippen LogP contribution in [0.25, 0.3) is 5.57 Å². The third kappa shape index (κ3) is 1.10. The van der Waals surface area contributed by atoms with Gasteiger partial charge in [-0.05, 0) is 24.3 Å². The Balaban J connectivity index is 2.27. The maximum absolute atomic E-state index is 12.0. The van der Waals surface area contributed by atoms with Crippen molar-refractivity contribution in [2.45, 2.75) is 9.79 Å². The predicted molar refractivity (Wildman–Crippen MR) is 63.1 cm³/mol. The SMILES string of the molecule is O=C1N=c2cccc3c2=C1c1ncccc1S3. The lowest BCUT2D eigenvalue weighted by Gasteiger charge is -2.13. The van der Waals surface area contributed by atoms with E-state index in [0.717, 1.165) is 26.1 Å². The molecule has 3 heterocycles. The largest absolute Gasteiger partial charge is 0.280 e. The summed E-state index contributed by atoms with van der Waals surface area (Å²) in [4.78, 5) is 22.5. The Bertz CT molecular complexity index is 795. The molecule has 1 amide bonds. The van der Waals surface area contributed by atoms with Crippen LogP contribution >= 0.6 is 11.8 Å². The Labute approximate surface area is 101 Å². The Morgan fingerprint density at radius 3 is 2.88 bits per heavy atom. The van der Waals surface area contributed by atoms with Crippen molar-refractivity contribution in [2.75, 3.05) is 0 Å². The van der Waals surface area contributed by atoms with E-state index in [4.69, 9.17) is 0 Å². The maximum Gasteiger partial charge on any atom is 0.280 e. The molecule has 0 saturated carbocycles. The molecule has 80 valence electrons. The van der Waals surface area contributed by atoms with Gasteiger partial charge in [0.05, 0.1) is 16.6 Å². The molecule has 2 aromatic rings. The summed E-state index contributed by atoms with van der Waals surface area (Å²) in [6.45, 7) is 0. The number of hydrogen-bond donors (Lipinski definition) is 0. The van der Waals surface area contributed by atoms with E-state index in [9.17, 15) is 4.79 Å². The Hall–Kier alpha value is -1.94. The topological polar surface area (TPSA) is 42.3 Å². The Kier molecular flexibility index (Phi) is 1.64. The average molecular weight is 238 g/mol. The molecule has 0 bridgehead atoms. The van der Waals surface area contributed by atoms with Gasteiger partial charge in [-0.15, -0.1) is 0 Å². The Morgan fingerprint density at radius 1 is 1.06 bits per heavy atom. The van der Waals surface area contributed by atoms with E-state index in [1.165, 1.54) is 0 Å². The molecule has 4 heteroatoms. The van der Waals surface area contributed by atoms with Crippen molar-refractivity contribution in [1.82, 2.24) is 4.98 Å². The van der Waals surface area contributed by atoms with Crippen LogP contribution in [0, 0.1) is 0 Å². The molecule has 2 aliphatic rings. The summed E-state index contributed by atoms with van der Waals surface area (Å²) in [5.41, 5.74) is 1.42. The highest BCUT2D eigenvalue weighted by atomic mass is 32.2. The van der Waals surface area contributed by atoms with Crippen LogP contribution in [0.1, 0.15) is 5.69 Å². The Morgan fingerprint density at radius 2 is 1.94 bits per heavy atom. The second kappa shape index (κ2) is 3.05. The highest BCUT2D eigenvalue weighted by Gasteiger charge is 2.27. The summed E-state index contributed by atoms with van der Waals surface area (Å²) in [7, 11) is 0. The molecule has 17 heavy (non-hydrogen) atoms. The molecular weight excluding hydrogens is 232 g/mol. The molecule has 0 radical (unpaired) electrons. The number of aromatic nitrogens is 1. The molecule has 0 spiro atoms. The smallest absolute Gasteiger partial charge is 0.267 e. The molecule has 2 aliphatic heterocycles. The first kappa shape index (κ1) is 9.13. The molecule has 1 aromatic carbocycles. The first-order valence-corrected chi connectivity index (χ1v) is 6.06. The van der Waals surface area contributed by atoms with Gasteiger partial charge >= 0.3 is 0 Å². The number of hydrogen-bond acceptors (Lipinski definition) is 3. The van der Waals surface area contributed by atoms with E-state index in [1.807, 2.05) is 30.3 Å². The van der Waals surface area contributed by atoms with Crippen molar-refractivity contribution in [2.24, 2.45) is 4.99 Å². The van der Waals surface area contributed by atoms with E-state index < -0.39 is 0 Å². The highest BCUT2D eigenvalue weighted by molar-refractivity contribution is 7.99. The van der Waals surface area contributed by atoms with E-state index >= 15 is 0 Å². The van der Waals surface area contributed by atoms with Gasteiger partial charge in [0.2, 0.25) is 0 Å². The van der Waals surface area contributed by atoms with Gasteiger partial charge in [0.15, 0.2) is 0 Å². The zero-order valence-electron chi connectivity index (χ0n) is 8.68. The van der Waals surface area contributed by atoms with Crippen molar-refractivity contribution in [1.29, 1.82) is 0 Å². The number of carbonyl (C=O) groups excluding carboxylic acids is 1. The van der Waals surface area contributed by atoms with Crippen LogP contribution in [0.5, 0.6) is 0 Å². The number of rotatable bonds is 0. The molecule has 3 nitrogen and oxygen atoms in total. The van der Waals surface area contributed by atoms with E-state index in [2.05, 4.69) is 9.98 Å². The van der Waals surface area contributed by atoms with Gasteiger partial charge in [0, 0.05) is 21.2 Å². The van der Waals surface area contributed by atoms with Crippen LogP contribution in [-0.4, -0.2) is 10.9 Å². The lowest BCUT2D eigenvalue weighted by atomic mass is 10.1. The normalized spacial score (nSPS) is 15.3. The fourth-order valence-electron chi connectivity index (χ4n) is 2.22. The van der Waals surface area contributed by atoms with Gasteiger partial charge in [-0.3, -0.25) is 9.78 Å². The van der Waals surface area contributed by atoms with Crippen LogP contribution in [0.3, 0.4) is 0 Å². The van der Waals surface area contributed by atoms with Crippen LogP contribution in [-0.2, 0) is 4.79 Å². The van der Waals surface area contributed by atoms with Crippen LogP contribution in [0.4, 0.5) is 0 Å². The van der Waals surface area contributed by atoms with E-state index in [1.54, 1.807) is 18.0 Å². The molecule has 0 saturated heterocycles. The summed E-state index contributed by atoms with van der Waals surface area (Å²) in [5, 5.41) is 1.72. The molecule has 0 unspecified atom stereocenters. The molecule has 4 rings (SSSR count). The van der Waals surface area contributed by atoms with E-state index in [-0.39, 0.29) is 5.91 Å². The molecular formula is C13H6N2OS. The quantitative estimate of drug-likeness (QED) is 0.685. The van der Waals surface area contributed by atoms with Gasteiger partial charge in [-0.25, -0.2) is 4.99 Å². The van der Waals surface area contributed by atoms with Crippen molar-refractivity contribution >= 4 is 23.2 Å². The van der Waals surface area contributed by atoms with Crippen molar-refractivity contribution in [3.8, 4) is 0 Å². The van der Waals surface area contributed by atoms with Crippen molar-refractivity contribution in [3.05, 3.63) is 52.8 Å². The summed E-state index contributed by atoms with van der Waals surface area (Å²) >= 11 is 1.65. The number of fused-ring (bicyclic) bond motifs is 2. The number of nitrogens with zero attached hydrogens (tertiary/aromatic N) is 2. The number of amides is 1.